The predicted molar refractivity (Wildman–Crippen MR) is 99.3 cm³/mol. The molecule has 0 aromatic rings. The maximum Gasteiger partial charge on any atom is 0.302 e. The Labute approximate surface area is 156 Å². The van der Waals surface area contributed by atoms with Crippen LogP contribution in [0.15, 0.2) is 11.6 Å². The van der Waals surface area contributed by atoms with E-state index >= 15 is 0 Å². The summed E-state index contributed by atoms with van der Waals surface area (Å²) in [6.45, 7) is 10.5. The fraction of sp³-hybridized carbons (Fsp3) is 0.773. The summed E-state index contributed by atoms with van der Waals surface area (Å²) in [6, 6.07) is 0. The van der Waals surface area contributed by atoms with Crippen molar-refractivity contribution in [1.82, 2.24) is 0 Å². The minimum atomic E-state index is -0.222. The van der Waals surface area contributed by atoms with Crippen LogP contribution in [0.3, 0.4) is 0 Å². The zero-order valence-corrected chi connectivity index (χ0v) is 16.7. The Morgan fingerprint density at radius 1 is 1.23 bits per heavy atom. The fourth-order valence-corrected chi connectivity index (χ4v) is 6.92. The van der Waals surface area contributed by atoms with Gasteiger partial charge in [0.25, 0.3) is 0 Å². The number of carbonyl (C=O) groups excluding carboxylic acids is 3. The fourth-order valence-electron chi connectivity index (χ4n) is 6.92. The third-order valence-corrected chi connectivity index (χ3v) is 7.75. The Balaban J connectivity index is 2.05. The molecular formula is C22H32O4. The molecule has 4 nitrogen and oxygen atoms in total. The highest BCUT2D eigenvalue weighted by Gasteiger charge is 2.61. The monoisotopic (exact) mass is 360 g/mol. The number of hydrogen-bond acceptors (Lipinski definition) is 4. The SMILES string of the molecule is CC(=O)O[C@@H]1C[C@H]2[C@@H](C)/C(=C/C=O)C(=O)C[C@@H]2[C@@]2(C)CCCC(C)(C)[C@H]12. The molecule has 0 heterocycles. The van der Waals surface area contributed by atoms with Gasteiger partial charge in [0.05, 0.1) is 0 Å². The van der Waals surface area contributed by atoms with Gasteiger partial charge in [-0.05, 0) is 53.9 Å². The number of Topliss-reactive ketones (excluding diaryl/α,β-unsaturated/α-hetero) is 1. The number of ether oxygens (including phenoxy) is 1. The first-order valence-electron chi connectivity index (χ1n) is 9.97. The summed E-state index contributed by atoms with van der Waals surface area (Å²) in [6.07, 6.45) is 6.73. The lowest BCUT2D eigenvalue weighted by Gasteiger charge is -2.63. The quantitative estimate of drug-likeness (QED) is 0.422. The van der Waals surface area contributed by atoms with Crippen LogP contribution >= 0.6 is 0 Å². The number of allylic oxidation sites excluding steroid dienone is 2. The lowest BCUT2D eigenvalue weighted by molar-refractivity contribution is -0.195. The third-order valence-electron chi connectivity index (χ3n) is 7.75. The van der Waals surface area contributed by atoms with Gasteiger partial charge in [0.1, 0.15) is 12.4 Å². The van der Waals surface area contributed by atoms with Crippen LogP contribution in [0.25, 0.3) is 0 Å². The van der Waals surface area contributed by atoms with Gasteiger partial charge in [0, 0.05) is 24.8 Å². The number of hydrogen-bond donors (Lipinski definition) is 0. The molecule has 0 N–H and O–H groups in total. The number of ketones is 1. The molecule has 0 aliphatic heterocycles. The molecule has 0 spiro atoms. The van der Waals surface area contributed by atoms with Crippen molar-refractivity contribution in [2.45, 2.75) is 72.8 Å². The lowest BCUT2D eigenvalue weighted by atomic mass is 9.42. The maximum absolute atomic E-state index is 12.8. The highest BCUT2D eigenvalue weighted by molar-refractivity contribution is 5.99. The zero-order chi connectivity index (χ0) is 19.3. The average Bonchev–Trinajstić information content (AvgIpc) is 2.51. The van der Waals surface area contributed by atoms with E-state index in [1.54, 1.807) is 0 Å². The van der Waals surface area contributed by atoms with Crippen molar-refractivity contribution in [2.75, 3.05) is 0 Å². The van der Waals surface area contributed by atoms with Crippen LogP contribution < -0.4 is 0 Å². The molecule has 0 amide bonds. The molecule has 0 saturated heterocycles. The van der Waals surface area contributed by atoms with E-state index in [1.807, 2.05) is 0 Å². The van der Waals surface area contributed by atoms with Crippen molar-refractivity contribution in [3.05, 3.63) is 11.6 Å². The lowest BCUT2D eigenvalue weighted by Crippen LogP contribution is -2.60. The van der Waals surface area contributed by atoms with Gasteiger partial charge in [0.2, 0.25) is 0 Å². The summed E-state index contributed by atoms with van der Waals surface area (Å²) >= 11 is 0. The van der Waals surface area contributed by atoms with Gasteiger partial charge < -0.3 is 4.74 Å². The number of aldehydes is 1. The standard InChI is InChI=1S/C22H32O4/c1-13-15(7-10-23)18(25)12-17-16(13)11-19(26-14(2)24)20-21(3,4)8-6-9-22(17,20)5/h7,10,13,16-17,19-20H,6,8-9,11-12H2,1-5H3/b15-7-/t13-,16-,17-,19+,20-,22+/m0/s1. The molecule has 0 aromatic heterocycles. The first-order valence-corrected chi connectivity index (χ1v) is 9.97. The van der Waals surface area contributed by atoms with E-state index in [2.05, 4.69) is 27.7 Å². The van der Waals surface area contributed by atoms with Crippen LogP contribution in [-0.4, -0.2) is 24.1 Å². The molecule has 3 rings (SSSR count). The number of fused-ring (bicyclic) bond motifs is 3. The second kappa shape index (κ2) is 6.61. The van der Waals surface area contributed by atoms with Crippen LogP contribution in [-0.2, 0) is 19.1 Å². The van der Waals surface area contributed by atoms with E-state index in [1.165, 1.54) is 13.0 Å². The second-order valence-electron chi connectivity index (χ2n) is 9.65. The number of esters is 1. The second-order valence-corrected chi connectivity index (χ2v) is 9.65. The zero-order valence-electron chi connectivity index (χ0n) is 16.7. The van der Waals surface area contributed by atoms with Gasteiger partial charge in [-0.1, -0.05) is 34.1 Å². The molecular weight excluding hydrogens is 328 g/mol. The maximum atomic E-state index is 12.8. The van der Waals surface area contributed by atoms with E-state index < -0.39 is 0 Å². The highest BCUT2D eigenvalue weighted by Crippen LogP contribution is 2.65. The summed E-state index contributed by atoms with van der Waals surface area (Å²) in [7, 11) is 0. The van der Waals surface area contributed by atoms with E-state index in [0.717, 1.165) is 32.0 Å². The molecule has 0 aromatic carbocycles. The Morgan fingerprint density at radius 2 is 1.92 bits per heavy atom. The first-order chi connectivity index (χ1) is 12.1. The van der Waals surface area contributed by atoms with Crippen LogP contribution in [0, 0.1) is 34.5 Å². The molecule has 6 atom stereocenters. The van der Waals surface area contributed by atoms with E-state index in [9.17, 15) is 14.4 Å². The molecule has 0 bridgehead atoms. The molecule has 3 fully saturated rings. The number of carbonyl (C=O) groups is 3. The van der Waals surface area contributed by atoms with Crippen LogP contribution in [0.1, 0.15) is 66.7 Å². The minimum Gasteiger partial charge on any atom is -0.462 e. The van der Waals surface area contributed by atoms with Gasteiger partial charge >= 0.3 is 5.97 Å². The molecule has 4 heteroatoms. The summed E-state index contributed by atoms with van der Waals surface area (Å²) in [5.41, 5.74) is 0.727. The Morgan fingerprint density at radius 3 is 2.54 bits per heavy atom. The van der Waals surface area contributed by atoms with Crippen LogP contribution in [0.4, 0.5) is 0 Å². The van der Waals surface area contributed by atoms with E-state index in [0.29, 0.717) is 17.9 Å². The van der Waals surface area contributed by atoms with E-state index in [4.69, 9.17) is 4.74 Å². The molecule has 3 saturated carbocycles. The topological polar surface area (TPSA) is 60.4 Å². The van der Waals surface area contributed by atoms with Crippen molar-refractivity contribution in [2.24, 2.45) is 34.5 Å². The molecule has 26 heavy (non-hydrogen) atoms. The summed E-state index contributed by atoms with van der Waals surface area (Å²) in [4.78, 5) is 35.6. The van der Waals surface area contributed by atoms with Crippen molar-refractivity contribution >= 4 is 18.0 Å². The minimum absolute atomic E-state index is 0.0125. The molecule has 3 aliphatic rings. The molecule has 0 radical (unpaired) electrons. The molecule has 144 valence electrons. The van der Waals surface area contributed by atoms with Crippen molar-refractivity contribution in [3.8, 4) is 0 Å². The summed E-state index contributed by atoms with van der Waals surface area (Å²) in [5.74, 6) is 0.780. The van der Waals surface area contributed by atoms with Crippen molar-refractivity contribution in [3.63, 3.8) is 0 Å². The van der Waals surface area contributed by atoms with Gasteiger partial charge in [-0.25, -0.2) is 0 Å². The van der Waals surface area contributed by atoms with Crippen molar-refractivity contribution in [1.29, 1.82) is 0 Å². The predicted octanol–water partition coefficient (Wildman–Crippen LogP) is 4.12. The van der Waals surface area contributed by atoms with Crippen LogP contribution in [0.2, 0.25) is 0 Å². The third kappa shape index (κ3) is 2.95. The van der Waals surface area contributed by atoms with Gasteiger partial charge in [-0.15, -0.1) is 0 Å². The average molecular weight is 360 g/mol. The molecule has 3 aliphatic carbocycles. The van der Waals surface area contributed by atoms with Gasteiger partial charge in [-0.2, -0.15) is 0 Å². The first kappa shape index (κ1) is 19.3. The largest absolute Gasteiger partial charge is 0.462 e. The van der Waals surface area contributed by atoms with Gasteiger partial charge in [-0.3, -0.25) is 14.4 Å². The normalized spacial score (nSPS) is 43.3. The van der Waals surface area contributed by atoms with Crippen molar-refractivity contribution < 1.29 is 19.1 Å². The number of rotatable bonds is 2. The Hall–Kier alpha value is -1.45. The van der Waals surface area contributed by atoms with Crippen LogP contribution in [0.5, 0.6) is 0 Å². The Kier molecular flexibility index (Phi) is 4.91. The molecule has 0 unspecified atom stereocenters. The summed E-state index contributed by atoms with van der Waals surface area (Å²) < 4.78 is 5.87. The smallest absolute Gasteiger partial charge is 0.302 e. The highest BCUT2D eigenvalue weighted by atomic mass is 16.5. The Bertz CT molecular complexity index is 647. The van der Waals surface area contributed by atoms with Gasteiger partial charge in [0.15, 0.2) is 5.78 Å². The summed E-state index contributed by atoms with van der Waals surface area (Å²) in [5, 5.41) is 0. The van der Waals surface area contributed by atoms with E-state index in [-0.39, 0.29) is 46.4 Å².